The van der Waals surface area contributed by atoms with Crippen molar-refractivity contribution in [3.63, 3.8) is 0 Å². The van der Waals surface area contributed by atoms with Gasteiger partial charge in [0, 0.05) is 0 Å². The third-order valence-corrected chi connectivity index (χ3v) is 3.32. The van der Waals surface area contributed by atoms with Crippen molar-refractivity contribution >= 4 is 0 Å². The van der Waals surface area contributed by atoms with Crippen LogP contribution in [0.15, 0.2) is 42.6 Å². The van der Waals surface area contributed by atoms with Crippen molar-refractivity contribution in [3.05, 3.63) is 65.2 Å². The van der Waals surface area contributed by atoms with E-state index in [1.54, 1.807) is 6.07 Å². The van der Waals surface area contributed by atoms with E-state index < -0.39 is 0 Å². The number of benzene rings is 1. The average molecular weight is 273 g/mol. The van der Waals surface area contributed by atoms with Crippen LogP contribution in [0.1, 0.15) is 43.6 Å². The van der Waals surface area contributed by atoms with Crippen LogP contribution in [0.3, 0.4) is 0 Å². The zero-order chi connectivity index (χ0) is 14.8. The Hall–Kier alpha value is -1.78. The zero-order valence-electron chi connectivity index (χ0n) is 12.0. The van der Waals surface area contributed by atoms with E-state index >= 15 is 0 Å². The van der Waals surface area contributed by atoms with Crippen molar-refractivity contribution in [2.24, 2.45) is 5.84 Å². The number of nitrogens with one attached hydrogen (secondary N) is 1. The van der Waals surface area contributed by atoms with Gasteiger partial charge in [0.1, 0.15) is 5.82 Å². The molecule has 2 rings (SSSR count). The van der Waals surface area contributed by atoms with Crippen LogP contribution in [0.25, 0.3) is 0 Å². The molecule has 0 saturated carbocycles. The lowest BCUT2D eigenvalue weighted by Crippen LogP contribution is -2.29. The van der Waals surface area contributed by atoms with Crippen LogP contribution in [0.4, 0.5) is 4.39 Å². The molecule has 2 aromatic rings. The van der Waals surface area contributed by atoms with Crippen LogP contribution in [0.5, 0.6) is 0 Å². The number of hydrogen-bond acceptors (Lipinski definition) is 3. The molecule has 0 aliphatic heterocycles. The lowest BCUT2D eigenvalue weighted by molar-refractivity contribution is 0.584. The smallest absolute Gasteiger partial charge is 0.141 e. The van der Waals surface area contributed by atoms with E-state index in [0.717, 1.165) is 5.56 Å². The summed E-state index contributed by atoms with van der Waals surface area (Å²) < 4.78 is 12.9. The monoisotopic (exact) mass is 273 g/mol. The summed E-state index contributed by atoms with van der Waals surface area (Å²) in [5.41, 5.74) is 5.78. The van der Waals surface area contributed by atoms with Gasteiger partial charge in [0.25, 0.3) is 0 Å². The van der Waals surface area contributed by atoms with Crippen LogP contribution in [-0.4, -0.2) is 4.98 Å². The summed E-state index contributed by atoms with van der Waals surface area (Å²) in [5, 5.41) is 0. The highest BCUT2D eigenvalue weighted by Gasteiger charge is 2.17. The number of aromatic nitrogens is 1. The Morgan fingerprint density at radius 1 is 1.10 bits per heavy atom. The molecular formula is C16H20FN3. The summed E-state index contributed by atoms with van der Waals surface area (Å²) in [6.07, 6.45) is 1.20. The molecule has 1 aromatic carbocycles. The topological polar surface area (TPSA) is 50.9 Å². The highest BCUT2D eigenvalue weighted by Crippen LogP contribution is 2.25. The highest BCUT2D eigenvalue weighted by molar-refractivity contribution is 5.33. The third kappa shape index (κ3) is 3.21. The fourth-order valence-corrected chi connectivity index (χ4v) is 2.09. The summed E-state index contributed by atoms with van der Waals surface area (Å²) in [6, 6.07) is 11.0. The van der Waals surface area contributed by atoms with Gasteiger partial charge >= 0.3 is 0 Å². The van der Waals surface area contributed by atoms with Crippen molar-refractivity contribution in [1.29, 1.82) is 0 Å². The molecule has 1 aromatic heterocycles. The molecule has 20 heavy (non-hydrogen) atoms. The first-order valence-corrected chi connectivity index (χ1v) is 6.60. The van der Waals surface area contributed by atoms with Gasteiger partial charge in [-0.15, -0.1) is 0 Å². The van der Waals surface area contributed by atoms with Gasteiger partial charge in [0.2, 0.25) is 0 Å². The van der Waals surface area contributed by atoms with Crippen molar-refractivity contribution in [2.45, 2.75) is 32.2 Å². The second kappa shape index (κ2) is 5.69. The van der Waals surface area contributed by atoms with Crippen LogP contribution in [0.2, 0.25) is 0 Å². The highest BCUT2D eigenvalue weighted by atomic mass is 19.1. The van der Waals surface area contributed by atoms with E-state index in [0.29, 0.717) is 5.69 Å². The molecule has 1 atom stereocenters. The number of hydrazine groups is 1. The second-order valence-corrected chi connectivity index (χ2v) is 5.87. The van der Waals surface area contributed by atoms with E-state index in [1.807, 2.05) is 12.1 Å². The lowest BCUT2D eigenvalue weighted by Gasteiger charge is -2.21. The molecule has 0 aliphatic carbocycles. The standard InChI is InChI=1S/C16H20FN3/c1-16(2,3)12-6-4-11(5-7-12)15(20-18)14-9-8-13(17)10-19-14/h4-10,15,20H,18H2,1-3H3. The Labute approximate surface area is 119 Å². The van der Waals surface area contributed by atoms with Gasteiger partial charge < -0.3 is 0 Å². The molecule has 0 radical (unpaired) electrons. The molecule has 1 unspecified atom stereocenters. The van der Waals surface area contributed by atoms with Crippen LogP contribution in [0, 0.1) is 5.82 Å². The third-order valence-electron chi connectivity index (χ3n) is 3.32. The minimum absolute atomic E-state index is 0.109. The Balaban J connectivity index is 2.30. The molecule has 4 heteroatoms. The maximum Gasteiger partial charge on any atom is 0.141 e. The largest absolute Gasteiger partial charge is 0.271 e. The normalized spacial score (nSPS) is 13.2. The average Bonchev–Trinajstić information content (AvgIpc) is 2.41. The first kappa shape index (κ1) is 14.6. The molecule has 0 aliphatic rings. The van der Waals surface area contributed by atoms with Crippen molar-refractivity contribution < 1.29 is 4.39 Å². The van der Waals surface area contributed by atoms with E-state index in [1.165, 1.54) is 17.8 Å². The fourth-order valence-electron chi connectivity index (χ4n) is 2.09. The van der Waals surface area contributed by atoms with Crippen molar-refractivity contribution in [3.8, 4) is 0 Å². The van der Waals surface area contributed by atoms with Gasteiger partial charge in [-0.05, 0) is 28.7 Å². The Morgan fingerprint density at radius 2 is 1.75 bits per heavy atom. The van der Waals surface area contributed by atoms with E-state index in [4.69, 9.17) is 5.84 Å². The summed E-state index contributed by atoms with van der Waals surface area (Å²) >= 11 is 0. The number of nitrogens with two attached hydrogens (primary N) is 1. The Morgan fingerprint density at radius 3 is 2.20 bits per heavy atom. The van der Waals surface area contributed by atoms with Gasteiger partial charge in [0.15, 0.2) is 0 Å². The van der Waals surface area contributed by atoms with Crippen molar-refractivity contribution in [2.75, 3.05) is 0 Å². The molecule has 0 saturated heterocycles. The summed E-state index contributed by atoms with van der Waals surface area (Å²) in [7, 11) is 0. The second-order valence-electron chi connectivity index (χ2n) is 5.87. The van der Waals surface area contributed by atoms with Crippen molar-refractivity contribution in [1.82, 2.24) is 10.4 Å². The maximum atomic E-state index is 12.9. The molecule has 0 fully saturated rings. The summed E-state index contributed by atoms with van der Waals surface area (Å²) in [4.78, 5) is 4.08. The molecule has 0 bridgehead atoms. The van der Waals surface area contributed by atoms with Crippen LogP contribution >= 0.6 is 0 Å². The van der Waals surface area contributed by atoms with Gasteiger partial charge in [-0.25, -0.2) is 9.82 Å². The number of halogens is 1. The minimum atomic E-state index is -0.354. The zero-order valence-corrected chi connectivity index (χ0v) is 12.0. The summed E-state index contributed by atoms with van der Waals surface area (Å²) in [6.45, 7) is 6.51. The minimum Gasteiger partial charge on any atom is -0.271 e. The van der Waals surface area contributed by atoms with Gasteiger partial charge in [-0.1, -0.05) is 45.0 Å². The molecule has 0 spiro atoms. The van der Waals surface area contributed by atoms with Crippen LogP contribution in [-0.2, 0) is 5.41 Å². The van der Waals surface area contributed by atoms with E-state index in [-0.39, 0.29) is 17.3 Å². The first-order chi connectivity index (χ1) is 9.41. The predicted molar refractivity (Wildman–Crippen MR) is 78.5 cm³/mol. The Bertz CT molecular complexity index is 556. The van der Waals surface area contributed by atoms with Gasteiger partial charge in [0.05, 0.1) is 17.9 Å². The lowest BCUT2D eigenvalue weighted by atomic mass is 9.86. The van der Waals surface area contributed by atoms with E-state index in [9.17, 15) is 4.39 Å². The fraction of sp³-hybridized carbons (Fsp3) is 0.312. The van der Waals surface area contributed by atoms with Gasteiger partial charge in [-0.3, -0.25) is 10.8 Å². The quantitative estimate of drug-likeness (QED) is 0.667. The molecule has 1 heterocycles. The van der Waals surface area contributed by atoms with E-state index in [2.05, 4.69) is 43.3 Å². The number of rotatable bonds is 3. The molecular weight excluding hydrogens is 253 g/mol. The molecule has 0 amide bonds. The molecule has 3 nitrogen and oxygen atoms in total. The molecule has 3 N–H and O–H groups in total. The maximum absolute atomic E-state index is 12.9. The number of pyridine rings is 1. The predicted octanol–water partition coefficient (Wildman–Crippen LogP) is 3.07. The first-order valence-electron chi connectivity index (χ1n) is 6.60. The number of nitrogens with zero attached hydrogens (tertiary/aromatic N) is 1. The van der Waals surface area contributed by atoms with Crippen LogP contribution < -0.4 is 11.3 Å². The van der Waals surface area contributed by atoms with Gasteiger partial charge in [-0.2, -0.15) is 0 Å². The molecule has 106 valence electrons. The Kier molecular flexibility index (Phi) is 4.16. The number of hydrogen-bond donors (Lipinski definition) is 2. The summed E-state index contributed by atoms with van der Waals surface area (Å²) in [5.74, 6) is 5.26. The SMILES string of the molecule is CC(C)(C)c1ccc(C(NN)c2ccc(F)cn2)cc1.